The highest BCUT2D eigenvalue weighted by Crippen LogP contribution is 2.29. The number of aryl methyl sites for hydroxylation is 1. The molecule has 0 aliphatic carbocycles. The van der Waals surface area contributed by atoms with Gasteiger partial charge in [-0.05, 0) is 31.5 Å². The molecule has 0 spiro atoms. The number of anilines is 1. The lowest BCUT2D eigenvalue weighted by Gasteiger charge is -2.14. The smallest absolute Gasteiger partial charge is 0.294 e. The average Bonchev–Trinajstić information content (AvgIpc) is 2.09. The molecule has 0 amide bonds. The molecule has 0 aromatic heterocycles. The Balaban J connectivity index is 3.28. The number of aliphatic hydroxyl groups excluding tert-OH is 1. The second kappa shape index (κ2) is 4.58. The van der Waals surface area contributed by atoms with Crippen molar-refractivity contribution in [2.75, 3.05) is 5.32 Å². The van der Waals surface area contributed by atoms with Crippen LogP contribution in [0.25, 0.3) is 0 Å². The monoisotopic (exact) mass is 265 g/mol. The first kappa shape index (κ1) is 13.2. The third-order valence-electron chi connectivity index (χ3n) is 1.91. The Labute approximate surface area is 98.8 Å². The third-order valence-corrected chi connectivity index (χ3v) is 3.04. The molecule has 1 unspecified atom stereocenters. The summed E-state index contributed by atoms with van der Waals surface area (Å²) in [5, 5.41) is 11.9. The molecule has 0 fully saturated rings. The summed E-state index contributed by atoms with van der Waals surface area (Å²) in [5.41, 5.74) is 0.949. The van der Waals surface area contributed by atoms with Crippen molar-refractivity contribution in [2.24, 2.45) is 0 Å². The normalized spacial score (nSPS) is 13.6. The molecule has 5 nitrogen and oxygen atoms in total. The highest BCUT2D eigenvalue weighted by molar-refractivity contribution is 7.85. The first-order valence-electron chi connectivity index (χ1n) is 4.44. The lowest BCUT2D eigenvalue weighted by molar-refractivity contribution is 0.224. The van der Waals surface area contributed by atoms with Crippen LogP contribution in [0.3, 0.4) is 0 Å². The number of benzene rings is 1. The van der Waals surface area contributed by atoms with Gasteiger partial charge in [-0.3, -0.25) is 4.55 Å². The fourth-order valence-electron chi connectivity index (χ4n) is 1.25. The summed E-state index contributed by atoms with van der Waals surface area (Å²) in [5.74, 6) is 0. The molecular weight excluding hydrogens is 254 g/mol. The zero-order valence-corrected chi connectivity index (χ0v) is 10.3. The molecule has 16 heavy (non-hydrogen) atoms. The van der Waals surface area contributed by atoms with E-state index in [0.29, 0.717) is 11.3 Å². The van der Waals surface area contributed by atoms with E-state index in [1.165, 1.54) is 13.0 Å². The fraction of sp³-hybridized carbons (Fsp3) is 0.333. The molecule has 0 heterocycles. The van der Waals surface area contributed by atoms with E-state index < -0.39 is 16.3 Å². The van der Waals surface area contributed by atoms with Crippen LogP contribution >= 0.6 is 11.6 Å². The molecule has 0 aliphatic heterocycles. The van der Waals surface area contributed by atoms with Crippen molar-refractivity contribution in [1.29, 1.82) is 0 Å². The van der Waals surface area contributed by atoms with E-state index in [1.807, 2.05) is 0 Å². The molecule has 3 N–H and O–H groups in total. The summed E-state index contributed by atoms with van der Waals surface area (Å²) in [6.07, 6.45) is -0.812. The number of aliphatic hydroxyl groups is 1. The Morgan fingerprint density at radius 2 is 2.00 bits per heavy atom. The minimum absolute atomic E-state index is 0.119. The van der Waals surface area contributed by atoms with E-state index in [-0.39, 0.29) is 9.92 Å². The van der Waals surface area contributed by atoms with Gasteiger partial charge in [0, 0.05) is 0 Å². The first-order valence-corrected chi connectivity index (χ1v) is 6.26. The van der Waals surface area contributed by atoms with Crippen LogP contribution in [0.5, 0.6) is 0 Å². The van der Waals surface area contributed by atoms with Crippen LogP contribution in [-0.4, -0.2) is 24.3 Å². The summed E-state index contributed by atoms with van der Waals surface area (Å²) in [4.78, 5) is -0.272. The van der Waals surface area contributed by atoms with Crippen molar-refractivity contribution in [1.82, 2.24) is 0 Å². The Morgan fingerprint density at radius 3 is 2.38 bits per heavy atom. The van der Waals surface area contributed by atoms with Crippen LogP contribution in [-0.2, 0) is 10.1 Å². The van der Waals surface area contributed by atoms with E-state index in [4.69, 9.17) is 21.3 Å². The molecule has 7 heteroatoms. The molecule has 90 valence electrons. The van der Waals surface area contributed by atoms with E-state index >= 15 is 0 Å². The Hall–Kier alpha value is -0.820. The molecule has 0 aliphatic rings. The molecule has 1 rings (SSSR count). The maximum absolute atomic E-state index is 10.9. The summed E-state index contributed by atoms with van der Waals surface area (Å²) < 4.78 is 30.7. The number of nitrogens with one attached hydrogen (secondary N) is 1. The predicted molar refractivity (Wildman–Crippen MR) is 61.3 cm³/mol. The Kier molecular flexibility index (Phi) is 3.80. The van der Waals surface area contributed by atoms with Crippen molar-refractivity contribution in [3.8, 4) is 0 Å². The minimum Gasteiger partial charge on any atom is -0.374 e. The zero-order chi connectivity index (χ0) is 12.5. The zero-order valence-electron chi connectivity index (χ0n) is 8.73. The molecular formula is C9H12ClNO4S. The van der Waals surface area contributed by atoms with E-state index in [9.17, 15) is 8.42 Å². The fourth-order valence-corrected chi connectivity index (χ4v) is 2.23. The highest BCUT2D eigenvalue weighted by Gasteiger charge is 2.15. The molecule has 0 radical (unpaired) electrons. The second-order valence-corrected chi connectivity index (χ2v) is 5.22. The van der Waals surface area contributed by atoms with Gasteiger partial charge in [-0.25, -0.2) is 0 Å². The molecule has 1 atom stereocenters. The van der Waals surface area contributed by atoms with Gasteiger partial charge in [0.2, 0.25) is 0 Å². The molecule has 0 bridgehead atoms. The molecule has 1 aromatic rings. The van der Waals surface area contributed by atoms with Crippen LogP contribution in [0.1, 0.15) is 12.5 Å². The van der Waals surface area contributed by atoms with Crippen LogP contribution in [0.2, 0.25) is 5.02 Å². The molecule has 0 saturated carbocycles. The number of hydrogen-bond acceptors (Lipinski definition) is 4. The summed E-state index contributed by atoms with van der Waals surface area (Å²) in [7, 11) is -4.27. The lowest BCUT2D eigenvalue weighted by Crippen LogP contribution is -2.15. The van der Waals surface area contributed by atoms with Crippen molar-refractivity contribution in [3.63, 3.8) is 0 Å². The minimum atomic E-state index is -4.27. The van der Waals surface area contributed by atoms with E-state index in [1.54, 1.807) is 6.92 Å². The van der Waals surface area contributed by atoms with Crippen molar-refractivity contribution in [3.05, 3.63) is 22.7 Å². The third kappa shape index (κ3) is 3.08. The van der Waals surface area contributed by atoms with Crippen molar-refractivity contribution in [2.45, 2.75) is 25.0 Å². The number of halogens is 1. The topological polar surface area (TPSA) is 86.6 Å². The van der Waals surface area contributed by atoms with Gasteiger partial charge in [0.1, 0.15) is 6.23 Å². The SMILES string of the molecule is Cc1cc(S(=O)(=O)O)cc(Cl)c1NC(C)O. The summed E-state index contributed by atoms with van der Waals surface area (Å²) in [6, 6.07) is 2.39. The van der Waals surface area contributed by atoms with Crippen LogP contribution < -0.4 is 5.32 Å². The maximum atomic E-state index is 10.9. The van der Waals surface area contributed by atoms with Gasteiger partial charge in [0.05, 0.1) is 15.6 Å². The van der Waals surface area contributed by atoms with Crippen LogP contribution in [0, 0.1) is 6.92 Å². The quantitative estimate of drug-likeness (QED) is 0.571. The van der Waals surface area contributed by atoms with E-state index in [0.717, 1.165) is 6.07 Å². The van der Waals surface area contributed by atoms with Gasteiger partial charge < -0.3 is 10.4 Å². The largest absolute Gasteiger partial charge is 0.374 e. The van der Waals surface area contributed by atoms with Crippen molar-refractivity contribution >= 4 is 27.4 Å². The first-order chi connectivity index (χ1) is 7.21. The second-order valence-electron chi connectivity index (χ2n) is 3.39. The van der Waals surface area contributed by atoms with Crippen molar-refractivity contribution < 1.29 is 18.1 Å². The lowest BCUT2D eigenvalue weighted by atomic mass is 10.2. The van der Waals surface area contributed by atoms with Crippen LogP contribution in [0.4, 0.5) is 5.69 Å². The number of rotatable bonds is 3. The van der Waals surface area contributed by atoms with Crippen LogP contribution in [0.15, 0.2) is 17.0 Å². The highest BCUT2D eigenvalue weighted by atomic mass is 35.5. The van der Waals surface area contributed by atoms with E-state index in [2.05, 4.69) is 5.32 Å². The van der Waals surface area contributed by atoms with Gasteiger partial charge in [-0.2, -0.15) is 8.42 Å². The Bertz CT molecular complexity index is 475. The van der Waals surface area contributed by atoms with Gasteiger partial charge in [-0.15, -0.1) is 0 Å². The standard InChI is InChI=1S/C9H12ClNO4S/c1-5-3-7(16(13,14)15)4-8(10)9(5)11-6(2)12/h3-4,6,11-12H,1-2H3,(H,13,14,15). The average molecular weight is 266 g/mol. The predicted octanol–water partition coefficient (Wildman–Crippen LogP) is 1.65. The van der Waals surface area contributed by atoms with Gasteiger partial charge >= 0.3 is 0 Å². The molecule has 1 aromatic carbocycles. The molecule has 0 saturated heterocycles. The van der Waals surface area contributed by atoms with Gasteiger partial charge in [-0.1, -0.05) is 11.6 Å². The van der Waals surface area contributed by atoms with Gasteiger partial charge in [0.25, 0.3) is 10.1 Å². The summed E-state index contributed by atoms with van der Waals surface area (Å²) in [6.45, 7) is 3.12. The summed E-state index contributed by atoms with van der Waals surface area (Å²) >= 11 is 5.84. The number of hydrogen-bond donors (Lipinski definition) is 3. The maximum Gasteiger partial charge on any atom is 0.294 e. The Morgan fingerprint density at radius 1 is 1.44 bits per heavy atom. The van der Waals surface area contributed by atoms with Gasteiger partial charge in [0.15, 0.2) is 0 Å².